The Labute approximate surface area is 121 Å². The van der Waals surface area contributed by atoms with E-state index in [9.17, 15) is 9.59 Å². The van der Waals surface area contributed by atoms with Gasteiger partial charge in [-0.1, -0.05) is 26.2 Å². The Morgan fingerprint density at radius 2 is 1.95 bits per heavy atom. The largest absolute Gasteiger partial charge is 0.480 e. The van der Waals surface area contributed by atoms with Crippen LogP contribution in [0.15, 0.2) is 0 Å². The lowest BCUT2D eigenvalue weighted by molar-refractivity contribution is -0.144. The van der Waals surface area contributed by atoms with Gasteiger partial charge in [-0.05, 0) is 32.6 Å². The number of ether oxygens (including phenoxy) is 1. The lowest BCUT2D eigenvalue weighted by atomic mass is 9.81. The zero-order valence-electron chi connectivity index (χ0n) is 12.6. The maximum atomic E-state index is 12.5. The number of carbonyl (C=O) groups is 2. The lowest BCUT2D eigenvalue weighted by Crippen LogP contribution is -2.48. The molecule has 0 spiro atoms. The van der Waals surface area contributed by atoms with Gasteiger partial charge in [0, 0.05) is 13.2 Å². The molecule has 5 nitrogen and oxygen atoms in total. The highest BCUT2D eigenvalue weighted by atomic mass is 16.5. The van der Waals surface area contributed by atoms with Crippen molar-refractivity contribution in [1.82, 2.24) is 5.32 Å². The van der Waals surface area contributed by atoms with Crippen LogP contribution in [0.25, 0.3) is 0 Å². The van der Waals surface area contributed by atoms with Crippen LogP contribution in [0.4, 0.5) is 0 Å². The number of hydrogen-bond donors (Lipinski definition) is 2. The minimum atomic E-state index is -0.946. The number of rotatable bonds is 9. The minimum Gasteiger partial charge on any atom is -0.480 e. The molecule has 1 fully saturated rings. The Balaban J connectivity index is 2.65. The van der Waals surface area contributed by atoms with Crippen LogP contribution in [0.2, 0.25) is 0 Å². The van der Waals surface area contributed by atoms with Gasteiger partial charge in [0.05, 0.1) is 5.41 Å². The minimum absolute atomic E-state index is 0.101. The summed E-state index contributed by atoms with van der Waals surface area (Å²) < 4.78 is 5.37. The van der Waals surface area contributed by atoms with Crippen molar-refractivity contribution in [2.45, 2.75) is 64.8 Å². The van der Waals surface area contributed by atoms with E-state index < -0.39 is 17.4 Å². The van der Waals surface area contributed by atoms with E-state index in [4.69, 9.17) is 9.84 Å². The molecule has 1 unspecified atom stereocenters. The van der Waals surface area contributed by atoms with E-state index >= 15 is 0 Å². The van der Waals surface area contributed by atoms with E-state index in [0.29, 0.717) is 26.1 Å². The molecule has 1 atom stereocenters. The summed E-state index contributed by atoms with van der Waals surface area (Å²) in [5.74, 6) is -1.05. The maximum absolute atomic E-state index is 12.5. The number of carboxylic acids is 1. The molecule has 0 bridgehead atoms. The predicted octanol–water partition coefficient (Wildman–Crippen LogP) is 2.34. The zero-order valence-corrected chi connectivity index (χ0v) is 12.6. The number of carbonyl (C=O) groups excluding carboxylic acids is 1. The molecule has 5 heteroatoms. The van der Waals surface area contributed by atoms with Crippen LogP contribution >= 0.6 is 0 Å². The maximum Gasteiger partial charge on any atom is 0.326 e. The Hall–Kier alpha value is -1.10. The molecule has 1 saturated carbocycles. The molecule has 1 aliphatic carbocycles. The Morgan fingerprint density at radius 3 is 2.45 bits per heavy atom. The van der Waals surface area contributed by atoms with Crippen LogP contribution < -0.4 is 5.32 Å². The number of nitrogens with one attached hydrogen (secondary N) is 1. The number of aliphatic carboxylic acids is 1. The molecular weight excluding hydrogens is 258 g/mol. The van der Waals surface area contributed by atoms with Gasteiger partial charge in [0.15, 0.2) is 0 Å². The van der Waals surface area contributed by atoms with Crippen molar-refractivity contribution in [3.8, 4) is 0 Å². The van der Waals surface area contributed by atoms with Gasteiger partial charge in [0.1, 0.15) is 6.04 Å². The summed E-state index contributed by atoms with van der Waals surface area (Å²) in [6, 6.07) is -0.767. The first kappa shape index (κ1) is 17.0. The molecule has 0 heterocycles. The second-order valence-electron chi connectivity index (χ2n) is 5.59. The van der Waals surface area contributed by atoms with Crippen molar-refractivity contribution in [2.24, 2.45) is 5.41 Å². The first-order valence-electron chi connectivity index (χ1n) is 7.67. The average Bonchev–Trinajstić information content (AvgIpc) is 2.88. The van der Waals surface area contributed by atoms with Crippen LogP contribution in [-0.4, -0.2) is 36.2 Å². The van der Waals surface area contributed by atoms with Crippen molar-refractivity contribution in [3.63, 3.8) is 0 Å². The van der Waals surface area contributed by atoms with Gasteiger partial charge >= 0.3 is 5.97 Å². The molecule has 116 valence electrons. The monoisotopic (exact) mass is 285 g/mol. The second kappa shape index (κ2) is 8.25. The van der Waals surface area contributed by atoms with Gasteiger partial charge in [-0.25, -0.2) is 4.79 Å². The van der Waals surface area contributed by atoms with Crippen molar-refractivity contribution >= 4 is 11.9 Å². The number of carboxylic acid groups (broad SMARTS) is 1. The summed E-state index contributed by atoms with van der Waals surface area (Å²) in [5.41, 5.74) is -0.420. The second-order valence-corrected chi connectivity index (χ2v) is 5.59. The van der Waals surface area contributed by atoms with E-state index in [1.165, 1.54) is 0 Å². The summed E-state index contributed by atoms with van der Waals surface area (Å²) in [5, 5.41) is 11.9. The van der Waals surface area contributed by atoms with Gasteiger partial charge in [0.25, 0.3) is 0 Å². The first-order chi connectivity index (χ1) is 9.55. The van der Waals surface area contributed by atoms with Crippen molar-refractivity contribution in [3.05, 3.63) is 0 Å². The van der Waals surface area contributed by atoms with E-state index in [1.807, 2.05) is 13.8 Å². The van der Waals surface area contributed by atoms with Gasteiger partial charge in [-0.15, -0.1) is 0 Å². The third kappa shape index (κ3) is 4.47. The highest BCUT2D eigenvalue weighted by Crippen LogP contribution is 2.41. The zero-order chi connectivity index (χ0) is 15.0. The Bertz CT molecular complexity index is 324. The van der Waals surface area contributed by atoms with Gasteiger partial charge in [-0.2, -0.15) is 0 Å². The molecule has 0 saturated heterocycles. The fraction of sp³-hybridized carbons (Fsp3) is 0.867. The topological polar surface area (TPSA) is 75.6 Å². The van der Waals surface area contributed by atoms with Crippen LogP contribution in [0, 0.1) is 5.41 Å². The van der Waals surface area contributed by atoms with E-state index in [1.54, 1.807) is 0 Å². The van der Waals surface area contributed by atoms with Gasteiger partial charge in [0.2, 0.25) is 5.91 Å². The van der Waals surface area contributed by atoms with Crippen molar-refractivity contribution in [1.29, 1.82) is 0 Å². The van der Waals surface area contributed by atoms with E-state index in [-0.39, 0.29) is 5.91 Å². The smallest absolute Gasteiger partial charge is 0.326 e. The summed E-state index contributed by atoms with van der Waals surface area (Å²) >= 11 is 0. The highest BCUT2D eigenvalue weighted by molar-refractivity contribution is 5.87. The van der Waals surface area contributed by atoms with E-state index in [2.05, 4.69) is 5.32 Å². The van der Waals surface area contributed by atoms with Crippen LogP contribution in [0.3, 0.4) is 0 Å². The molecule has 2 N–H and O–H groups in total. The molecule has 1 amide bonds. The lowest BCUT2D eigenvalue weighted by Gasteiger charge is -2.29. The molecule has 0 radical (unpaired) electrons. The Kier molecular flexibility index (Phi) is 6.99. The predicted molar refractivity (Wildman–Crippen MR) is 76.5 cm³/mol. The van der Waals surface area contributed by atoms with Crippen LogP contribution in [0.1, 0.15) is 58.8 Å². The third-order valence-corrected chi connectivity index (χ3v) is 4.15. The summed E-state index contributed by atoms with van der Waals surface area (Å²) in [4.78, 5) is 23.7. The fourth-order valence-corrected chi connectivity index (χ4v) is 2.91. The fourth-order valence-electron chi connectivity index (χ4n) is 2.91. The van der Waals surface area contributed by atoms with Crippen molar-refractivity contribution in [2.75, 3.05) is 13.2 Å². The number of hydrogen-bond acceptors (Lipinski definition) is 3. The molecule has 0 aliphatic heterocycles. The SMILES string of the molecule is CCCC(NC(=O)C1(CCOCC)CCCC1)C(=O)O. The average molecular weight is 285 g/mol. The molecule has 20 heavy (non-hydrogen) atoms. The molecular formula is C15H27NO4. The van der Waals surface area contributed by atoms with Crippen LogP contribution in [0.5, 0.6) is 0 Å². The molecule has 1 aliphatic rings. The first-order valence-corrected chi connectivity index (χ1v) is 7.67. The van der Waals surface area contributed by atoms with Crippen molar-refractivity contribution < 1.29 is 19.4 Å². The van der Waals surface area contributed by atoms with Gasteiger partial charge in [-0.3, -0.25) is 4.79 Å². The molecule has 0 aromatic heterocycles. The quantitative estimate of drug-likeness (QED) is 0.638. The molecule has 1 rings (SSSR count). The Morgan fingerprint density at radius 1 is 1.30 bits per heavy atom. The molecule has 0 aromatic carbocycles. The number of amides is 1. The van der Waals surface area contributed by atoms with Crippen LogP contribution in [-0.2, 0) is 14.3 Å². The summed E-state index contributed by atoms with van der Waals surface area (Å²) in [6.07, 6.45) is 5.64. The summed E-state index contributed by atoms with van der Waals surface area (Å²) in [7, 11) is 0. The standard InChI is InChI=1S/C15H27NO4/c1-3-7-12(13(17)18)16-14(19)15(8-5-6-9-15)10-11-20-4-2/h12H,3-11H2,1-2H3,(H,16,19)(H,17,18). The molecule has 0 aromatic rings. The van der Waals surface area contributed by atoms with E-state index in [0.717, 1.165) is 32.1 Å². The third-order valence-electron chi connectivity index (χ3n) is 4.15. The summed E-state index contributed by atoms with van der Waals surface area (Å²) in [6.45, 7) is 5.06. The highest BCUT2D eigenvalue weighted by Gasteiger charge is 2.41. The van der Waals surface area contributed by atoms with Gasteiger partial charge < -0.3 is 15.2 Å². The normalized spacial score (nSPS) is 18.7.